The third-order valence-electron chi connectivity index (χ3n) is 4.20. The van der Waals surface area contributed by atoms with Gasteiger partial charge in [0.25, 0.3) is 0 Å². The molecular weight excluding hydrogens is 318 g/mol. The number of thiophene rings is 1. The van der Waals surface area contributed by atoms with Gasteiger partial charge in [0.15, 0.2) is 5.78 Å². The average molecular weight is 343 g/mol. The predicted octanol–water partition coefficient (Wildman–Crippen LogP) is 4.82. The fourth-order valence-corrected chi connectivity index (χ4v) is 3.83. The van der Waals surface area contributed by atoms with Gasteiger partial charge in [-0.1, -0.05) is 23.8 Å². The molecule has 1 N–H and O–H groups in total. The number of hydrogen-bond donors (Lipinski definition) is 1. The Bertz CT molecular complexity index is 761. The molecule has 0 saturated carbocycles. The minimum Gasteiger partial charge on any atom is -0.350 e. The van der Waals surface area contributed by atoms with Gasteiger partial charge in [-0.25, -0.2) is 0 Å². The summed E-state index contributed by atoms with van der Waals surface area (Å²) in [7, 11) is 0. The maximum absolute atomic E-state index is 12.3. The van der Waals surface area contributed by atoms with E-state index in [-0.39, 0.29) is 30.6 Å². The molecule has 0 bridgehead atoms. The lowest BCUT2D eigenvalue weighted by Gasteiger charge is -2.17. The molecule has 128 valence electrons. The number of hydrogen-bond acceptors (Lipinski definition) is 3. The lowest BCUT2D eigenvalue weighted by Crippen LogP contribution is -2.27. The van der Waals surface area contributed by atoms with Crippen molar-refractivity contribution in [1.29, 1.82) is 0 Å². The number of benzene rings is 1. The van der Waals surface area contributed by atoms with E-state index in [1.54, 1.807) is 11.3 Å². The number of carbonyl (C=O) groups excluding carboxylic acids is 2. The van der Waals surface area contributed by atoms with Gasteiger partial charge in [-0.2, -0.15) is 0 Å². The van der Waals surface area contributed by atoms with E-state index in [0.717, 1.165) is 26.4 Å². The highest BCUT2D eigenvalue weighted by Gasteiger charge is 2.16. The molecule has 0 aliphatic carbocycles. The molecule has 0 radical (unpaired) electrons. The molecule has 0 spiro atoms. The summed E-state index contributed by atoms with van der Waals surface area (Å²) in [6, 6.07) is 8.09. The SMILES string of the molecule is Cc1ccc(C)c(C(C)NC(=O)CCC(=O)c2cc(C)sc2C)c1. The van der Waals surface area contributed by atoms with Crippen LogP contribution < -0.4 is 5.32 Å². The lowest BCUT2D eigenvalue weighted by atomic mass is 9.99. The van der Waals surface area contributed by atoms with E-state index in [4.69, 9.17) is 0 Å². The zero-order valence-electron chi connectivity index (χ0n) is 15.0. The molecule has 3 nitrogen and oxygen atoms in total. The Kier molecular flexibility index (Phi) is 5.94. The number of nitrogens with one attached hydrogen (secondary N) is 1. The summed E-state index contributed by atoms with van der Waals surface area (Å²) in [5.41, 5.74) is 4.22. The molecule has 2 aromatic rings. The zero-order valence-corrected chi connectivity index (χ0v) is 15.8. The largest absolute Gasteiger partial charge is 0.350 e. The molecule has 24 heavy (non-hydrogen) atoms. The maximum Gasteiger partial charge on any atom is 0.220 e. The van der Waals surface area contributed by atoms with Crippen molar-refractivity contribution in [2.45, 2.75) is 53.5 Å². The van der Waals surface area contributed by atoms with Crippen LogP contribution in [0.25, 0.3) is 0 Å². The Morgan fingerprint density at radius 3 is 2.42 bits per heavy atom. The van der Waals surface area contributed by atoms with Crippen LogP contribution in [0.4, 0.5) is 0 Å². The van der Waals surface area contributed by atoms with Crippen molar-refractivity contribution in [3.05, 3.63) is 56.3 Å². The van der Waals surface area contributed by atoms with Crippen LogP contribution in [0.15, 0.2) is 24.3 Å². The smallest absolute Gasteiger partial charge is 0.220 e. The average Bonchev–Trinajstić information content (AvgIpc) is 2.85. The molecule has 1 aromatic carbocycles. The predicted molar refractivity (Wildman–Crippen MR) is 99.8 cm³/mol. The van der Waals surface area contributed by atoms with E-state index < -0.39 is 0 Å². The Balaban J connectivity index is 1.92. The highest BCUT2D eigenvalue weighted by atomic mass is 32.1. The Morgan fingerprint density at radius 2 is 1.79 bits per heavy atom. The minimum absolute atomic E-state index is 0.0476. The van der Waals surface area contributed by atoms with Gasteiger partial charge >= 0.3 is 0 Å². The number of rotatable bonds is 6. The van der Waals surface area contributed by atoms with Gasteiger partial charge in [-0.15, -0.1) is 11.3 Å². The van der Waals surface area contributed by atoms with Crippen LogP contribution in [0.1, 0.15) is 62.6 Å². The lowest BCUT2D eigenvalue weighted by molar-refractivity contribution is -0.121. The monoisotopic (exact) mass is 343 g/mol. The van der Waals surface area contributed by atoms with Gasteiger partial charge in [0.1, 0.15) is 0 Å². The van der Waals surface area contributed by atoms with E-state index in [0.29, 0.717) is 0 Å². The summed E-state index contributed by atoms with van der Waals surface area (Å²) in [6.07, 6.45) is 0.477. The van der Waals surface area contributed by atoms with E-state index in [1.807, 2.05) is 40.7 Å². The molecule has 2 rings (SSSR count). The first-order chi connectivity index (χ1) is 11.3. The third-order valence-corrected chi connectivity index (χ3v) is 5.17. The number of Topliss-reactive ketones (excluding diaryl/α,β-unsaturated/α-hetero) is 1. The number of amides is 1. The number of ketones is 1. The molecule has 4 heteroatoms. The van der Waals surface area contributed by atoms with Crippen LogP contribution in [0, 0.1) is 27.7 Å². The highest BCUT2D eigenvalue weighted by molar-refractivity contribution is 7.12. The Hall–Kier alpha value is -1.94. The van der Waals surface area contributed by atoms with E-state index in [9.17, 15) is 9.59 Å². The Labute approximate surface area is 148 Å². The van der Waals surface area contributed by atoms with Gasteiger partial charge in [0, 0.05) is 28.2 Å². The summed E-state index contributed by atoms with van der Waals surface area (Å²) >= 11 is 1.62. The normalized spacial score (nSPS) is 12.0. The van der Waals surface area contributed by atoms with E-state index in [2.05, 4.69) is 23.5 Å². The van der Waals surface area contributed by atoms with Crippen LogP contribution in [0.5, 0.6) is 0 Å². The quantitative estimate of drug-likeness (QED) is 0.764. The van der Waals surface area contributed by atoms with Gasteiger partial charge in [-0.05, 0) is 51.8 Å². The van der Waals surface area contributed by atoms with Crippen LogP contribution >= 0.6 is 11.3 Å². The van der Waals surface area contributed by atoms with Crippen molar-refractivity contribution in [3.8, 4) is 0 Å². The summed E-state index contributed by atoms with van der Waals surface area (Å²) < 4.78 is 0. The van der Waals surface area contributed by atoms with Crippen molar-refractivity contribution in [1.82, 2.24) is 5.32 Å². The molecule has 1 amide bonds. The fourth-order valence-electron chi connectivity index (χ4n) is 2.89. The molecular formula is C20H25NO2S. The second-order valence-corrected chi connectivity index (χ2v) is 7.86. The molecule has 0 aliphatic rings. The summed E-state index contributed by atoms with van der Waals surface area (Å²) in [4.78, 5) is 26.6. The number of aryl methyl sites for hydroxylation is 4. The minimum atomic E-state index is -0.0821. The first kappa shape index (κ1) is 18.4. The summed E-state index contributed by atoms with van der Waals surface area (Å²) in [6.45, 7) is 10.0. The first-order valence-electron chi connectivity index (χ1n) is 8.24. The van der Waals surface area contributed by atoms with Crippen molar-refractivity contribution >= 4 is 23.0 Å². The fraction of sp³-hybridized carbons (Fsp3) is 0.400. The van der Waals surface area contributed by atoms with Crippen molar-refractivity contribution < 1.29 is 9.59 Å². The molecule has 0 saturated heterocycles. The number of carbonyl (C=O) groups is 2. The van der Waals surface area contributed by atoms with Crippen molar-refractivity contribution in [2.75, 3.05) is 0 Å². The van der Waals surface area contributed by atoms with Crippen LogP contribution in [0.2, 0.25) is 0 Å². The molecule has 1 atom stereocenters. The zero-order chi connectivity index (χ0) is 17.9. The second-order valence-electron chi connectivity index (χ2n) is 6.40. The van der Waals surface area contributed by atoms with Gasteiger partial charge < -0.3 is 5.32 Å². The van der Waals surface area contributed by atoms with E-state index >= 15 is 0 Å². The summed E-state index contributed by atoms with van der Waals surface area (Å²) in [5, 5.41) is 3.00. The second kappa shape index (κ2) is 7.75. The van der Waals surface area contributed by atoms with Gasteiger partial charge in [0.2, 0.25) is 5.91 Å². The van der Waals surface area contributed by atoms with Crippen LogP contribution in [-0.4, -0.2) is 11.7 Å². The van der Waals surface area contributed by atoms with Crippen molar-refractivity contribution in [2.24, 2.45) is 0 Å². The summed E-state index contributed by atoms with van der Waals surface area (Å²) in [5.74, 6) is -0.0345. The topological polar surface area (TPSA) is 46.2 Å². The standard InChI is InChI=1S/C20H25NO2S/c1-12-6-7-13(2)17(10-12)15(4)21-20(23)9-8-19(22)18-11-14(3)24-16(18)5/h6-7,10-11,15H,8-9H2,1-5H3,(H,21,23). The molecule has 1 unspecified atom stereocenters. The maximum atomic E-state index is 12.3. The van der Waals surface area contributed by atoms with E-state index in [1.165, 1.54) is 5.56 Å². The van der Waals surface area contributed by atoms with Crippen LogP contribution in [-0.2, 0) is 4.79 Å². The highest BCUT2D eigenvalue weighted by Crippen LogP contribution is 2.23. The molecule has 1 aromatic heterocycles. The van der Waals surface area contributed by atoms with Gasteiger partial charge in [-0.3, -0.25) is 9.59 Å². The Morgan fingerprint density at radius 1 is 1.08 bits per heavy atom. The molecule has 1 heterocycles. The molecule has 0 fully saturated rings. The third kappa shape index (κ3) is 4.54. The van der Waals surface area contributed by atoms with Crippen molar-refractivity contribution in [3.63, 3.8) is 0 Å². The molecule has 0 aliphatic heterocycles. The van der Waals surface area contributed by atoms with Gasteiger partial charge in [0.05, 0.1) is 6.04 Å². The first-order valence-corrected chi connectivity index (χ1v) is 9.06. The van der Waals surface area contributed by atoms with Crippen LogP contribution in [0.3, 0.4) is 0 Å².